The van der Waals surface area contributed by atoms with Crippen molar-refractivity contribution in [2.45, 2.75) is 104 Å². The summed E-state index contributed by atoms with van der Waals surface area (Å²) in [5, 5.41) is 15.6. The molecule has 7 N–H and O–H groups in total. The number of carbonyl (C=O) groups is 5. The van der Waals surface area contributed by atoms with E-state index in [2.05, 4.69) is 126 Å². The molecule has 8 aromatic carbocycles. The van der Waals surface area contributed by atoms with Crippen LogP contribution in [0.3, 0.4) is 0 Å². The number of nitrogens with zero attached hydrogens (tertiary/aromatic N) is 11. The van der Waals surface area contributed by atoms with Gasteiger partial charge in [-0.25, -0.2) is 39.9 Å². The summed E-state index contributed by atoms with van der Waals surface area (Å²) in [6.07, 6.45) is 12.5. The van der Waals surface area contributed by atoms with E-state index in [1.165, 1.54) is 25.3 Å². The summed E-state index contributed by atoms with van der Waals surface area (Å²) in [5.41, 5.74) is 18.7. The van der Waals surface area contributed by atoms with Crippen molar-refractivity contribution in [1.82, 2.24) is 65.2 Å². The summed E-state index contributed by atoms with van der Waals surface area (Å²) >= 11 is 6.94. The van der Waals surface area contributed by atoms with E-state index in [1.807, 2.05) is 206 Å². The van der Waals surface area contributed by atoms with Gasteiger partial charge >= 0.3 is 0 Å². The molecule has 0 fully saturated rings. The van der Waals surface area contributed by atoms with Crippen LogP contribution in [0.15, 0.2) is 247 Å². The molecule has 0 saturated carbocycles. The van der Waals surface area contributed by atoms with E-state index < -0.39 is 5.54 Å². The van der Waals surface area contributed by atoms with E-state index in [1.54, 1.807) is 70.4 Å². The molecule has 0 unspecified atom stereocenters. The van der Waals surface area contributed by atoms with Gasteiger partial charge in [-0.2, -0.15) is 0 Å². The van der Waals surface area contributed by atoms with Gasteiger partial charge in [0, 0.05) is 105 Å². The first-order chi connectivity index (χ1) is 55.1. The van der Waals surface area contributed by atoms with E-state index in [0.29, 0.717) is 37.8 Å². The number of benzene rings is 8. The normalized spacial score (nSPS) is 14.7. The van der Waals surface area contributed by atoms with E-state index in [-0.39, 0.29) is 46.2 Å². The Bertz CT molecular complexity index is 5370. The molecule has 25 nitrogen and oxygen atoms in total. The van der Waals surface area contributed by atoms with Crippen molar-refractivity contribution in [1.29, 1.82) is 0 Å². The Hall–Kier alpha value is -13.0. The molecule has 0 saturated heterocycles. The number of aromatic nitrogens is 8. The van der Waals surface area contributed by atoms with Crippen LogP contribution in [-0.2, 0) is 48.3 Å². The van der Waals surface area contributed by atoms with Gasteiger partial charge in [-0.3, -0.25) is 24.0 Å². The molecule has 17 rings (SSSR count). The molecule has 115 heavy (non-hydrogen) atoms. The second kappa shape index (κ2) is 35.4. The number of nitrogens with two attached hydrogens (primary N) is 1. The molecule has 0 atom stereocenters. The van der Waals surface area contributed by atoms with Crippen LogP contribution in [0, 0.1) is 0 Å². The minimum absolute atomic E-state index is 0.0198. The molecule has 5 aliphatic rings. The number of halogens is 2. The second-order valence-corrected chi connectivity index (χ2v) is 31.2. The molecule has 5 aliphatic heterocycles. The number of methoxy groups -OCH3 is 3. The fourth-order valence-corrected chi connectivity index (χ4v) is 14.5. The van der Waals surface area contributed by atoms with Gasteiger partial charge in [0.2, 0.25) is 0 Å². The fraction of sp³-hybridized carbons (Fsp3) is 0.216. The highest BCUT2D eigenvalue weighted by Crippen LogP contribution is 2.44. The second-order valence-electron chi connectivity index (χ2n) is 29.3. The Kier molecular flexibility index (Phi) is 25.0. The van der Waals surface area contributed by atoms with E-state index in [4.69, 9.17) is 19.9 Å². The van der Waals surface area contributed by atoms with Crippen LogP contribution in [0.5, 0.6) is 17.2 Å². The Labute approximate surface area is 684 Å². The van der Waals surface area contributed by atoms with Crippen molar-refractivity contribution in [3.63, 3.8) is 0 Å². The zero-order valence-electron chi connectivity index (χ0n) is 65.4. The lowest BCUT2D eigenvalue weighted by atomic mass is 9.93. The Morgan fingerprint density at radius 1 is 0.391 bits per heavy atom. The molecule has 0 aliphatic carbocycles. The number of nitrogen functional groups attached to an aromatic ring is 1. The molecule has 12 aromatic rings. The SMILES string of the molecule is CC1(C)NC(=O)c2ccc(Nc3ccncn3)cc21.CC1(C)NC(=O)c2ccc(Nc3ccncn3)cc21.COc1ccc(CN2C(=O)c3ccc(Br)cc3C2(C)C)cc1.COc1ccc(CN2C(=O)c3ccc(Nc4ccncn4)cc3C2(C)C)cc1.COc1ccc(CN2Cc3cc(Br)ccc3C2=O)cc1.Nc1ccncn1. The summed E-state index contributed by atoms with van der Waals surface area (Å²) in [4.78, 5) is 98.8. The van der Waals surface area contributed by atoms with Crippen molar-refractivity contribution in [2.24, 2.45) is 0 Å². The average molecular weight is 1670 g/mol. The van der Waals surface area contributed by atoms with Gasteiger partial charge in [0.1, 0.15) is 65.8 Å². The molecule has 0 bridgehead atoms. The van der Waals surface area contributed by atoms with Crippen molar-refractivity contribution in [3.05, 3.63) is 319 Å². The largest absolute Gasteiger partial charge is 0.497 e. The first kappa shape index (κ1) is 81.5. The minimum Gasteiger partial charge on any atom is -0.497 e. The number of nitrogens with one attached hydrogen (secondary N) is 5. The highest BCUT2D eigenvalue weighted by Gasteiger charge is 2.45. The van der Waals surface area contributed by atoms with Crippen LogP contribution in [0.25, 0.3) is 0 Å². The predicted octanol–water partition coefficient (Wildman–Crippen LogP) is 16.5. The van der Waals surface area contributed by atoms with Crippen molar-refractivity contribution < 1.29 is 38.2 Å². The molecule has 586 valence electrons. The number of amides is 5. The number of carbonyl (C=O) groups excluding carboxylic acids is 5. The summed E-state index contributed by atoms with van der Waals surface area (Å²) in [6, 6.07) is 59.4. The summed E-state index contributed by atoms with van der Waals surface area (Å²) in [7, 11) is 4.94. The summed E-state index contributed by atoms with van der Waals surface area (Å²) < 4.78 is 17.5. The van der Waals surface area contributed by atoms with E-state index in [9.17, 15) is 24.0 Å². The lowest BCUT2D eigenvalue weighted by molar-refractivity contribution is 0.0587. The number of rotatable bonds is 15. The van der Waals surface area contributed by atoms with Gasteiger partial charge in [-0.15, -0.1) is 0 Å². The number of hydrogen-bond donors (Lipinski definition) is 6. The molecule has 5 amide bonds. The highest BCUT2D eigenvalue weighted by molar-refractivity contribution is 9.10. The maximum Gasteiger partial charge on any atom is 0.255 e. The van der Waals surface area contributed by atoms with E-state index >= 15 is 0 Å². The standard InChI is InChI=1S/C22H22N4O2.C18H18BrNO2.C16H14BrNO2.2C14H14N4O.C4H5N3/c1-22(2)19-12-16(25-20-10-11-23-14-24-20)6-9-18(19)21(27)26(22)13-15-4-7-17(28-3)8-5-15;1-18(2)16-10-13(19)6-9-15(16)17(21)20(18)11-12-4-7-14(22-3)8-5-12;1-20-14-5-2-11(3-6-14)9-18-10-12-8-13(17)4-7-15(12)16(18)19;2*1-14(2)11-7-9(3-4-10(11)13(19)18-14)17-12-5-6-15-8-16-12;5-4-1-2-6-3-7-4/h4-12,14H,13H2,1-3H3,(H,23,24,25);4-10H,11H2,1-3H3;2-8H,9-10H2,1H3;2*3-8H,1-2H3,(H,18,19)(H,15,16,17);1-3H,(H2,5,6,7). The lowest BCUT2D eigenvalue weighted by Crippen LogP contribution is -2.38. The van der Waals surface area contributed by atoms with Crippen LogP contribution in [0.2, 0.25) is 0 Å². The molecule has 27 heteroatoms. The minimum atomic E-state index is -0.421. The summed E-state index contributed by atoms with van der Waals surface area (Å²) in [5.74, 6) is 5.33. The van der Waals surface area contributed by atoms with Crippen LogP contribution in [-0.4, -0.2) is 105 Å². The smallest absolute Gasteiger partial charge is 0.255 e. The first-order valence-electron chi connectivity index (χ1n) is 36.7. The number of fused-ring (bicyclic) bond motifs is 5. The lowest BCUT2D eigenvalue weighted by Gasteiger charge is -2.32. The third-order valence-electron chi connectivity index (χ3n) is 20.0. The number of ether oxygens (including phenoxy) is 3. The van der Waals surface area contributed by atoms with Gasteiger partial charge in [0.25, 0.3) is 29.5 Å². The quantitative estimate of drug-likeness (QED) is 0.0555. The zero-order valence-corrected chi connectivity index (χ0v) is 68.5. The Morgan fingerprint density at radius 2 is 0.739 bits per heavy atom. The van der Waals surface area contributed by atoms with Crippen LogP contribution >= 0.6 is 31.9 Å². The predicted molar refractivity (Wildman–Crippen MR) is 449 cm³/mol. The monoisotopic (exact) mass is 1670 g/mol. The van der Waals surface area contributed by atoms with Gasteiger partial charge in [0.05, 0.1) is 43.5 Å². The van der Waals surface area contributed by atoms with Crippen molar-refractivity contribution in [3.8, 4) is 17.2 Å². The van der Waals surface area contributed by atoms with Crippen LogP contribution < -0.4 is 46.5 Å². The third kappa shape index (κ3) is 19.4. The molecule has 0 spiro atoms. The van der Waals surface area contributed by atoms with Crippen molar-refractivity contribution in [2.75, 3.05) is 43.0 Å². The maximum absolute atomic E-state index is 13.1. The first-order valence-corrected chi connectivity index (χ1v) is 38.3. The third-order valence-corrected chi connectivity index (χ3v) is 21.0. The van der Waals surface area contributed by atoms with Gasteiger partial charge in [-0.1, -0.05) is 68.3 Å². The molecule has 0 radical (unpaired) electrons. The van der Waals surface area contributed by atoms with Gasteiger partial charge < -0.3 is 61.2 Å². The Balaban J connectivity index is 0.000000131. The molecule has 4 aromatic heterocycles. The number of anilines is 7. The van der Waals surface area contributed by atoms with Crippen LogP contribution in [0.1, 0.15) is 152 Å². The highest BCUT2D eigenvalue weighted by atomic mass is 79.9. The molecular weight excluding hydrogens is 1580 g/mol. The van der Waals surface area contributed by atoms with Gasteiger partial charge in [0.15, 0.2) is 0 Å². The number of hydrogen-bond acceptors (Lipinski definition) is 20. The fourth-order valence-electron chi connectivity index (χ4n) is 13.8. The van der Waals surface area contributed by atoms with Crippen LogP contribution in [0.4, 0.5) is 40.3 Å². The molecular formula is C88H87Br2N17O8. The zero-order chi connectivity index (χ0) is 81.8. The maximum atomic E-state index is 13.1. The van der Waals surface area contributed by atoms with E-state index in [0.717, 1.165) is 127 Å². The van der Waals surface area contributed by atoms with Gasteiger partial charge in [-0.05, 0) is 252 Å². The Morgan fingerprint density at radius 3 is 1.10 bits per heavy atom. The molecule has 9 heterocycles. The van der Waals surface area contributed by atoms with Crippen molar-refractivity contribution >= 4 is 102 Å². The average Bonchev–Trinajstić information content (AvgIpc) is 1.59. The topological polar surface area (TPSA) is 312 Å². The summed E-state index contributed by atoms with van der Waals surface area (Å²) in [6.45, 7) is 18.7.